The van der Waals surface area contributed by atoms with Crippen molar-refractivity contribution in [2.75, 3.05) is 12.4 Å². The van der Waals surface area contributed by atoms with Crippen LogP contribution >= 0.6 is 38.5 Å². The third kappa shape index (κ3) is 2.37. The SMILES string of the molecule is CNc1nc(-c2ccc(Br)c3cccnc23)ncc1I. The highest BCUT2D eigenvalue weighted by atomic mass is 127. The zero-order valence-electron chi connectivity index (χ0n) is 10.6. The average Bonchev–Trinajstić information content (AvgIpc) is 2.49. The first kappa shape index (κ1) is 13.7. The highest BCUT2D eigenvalue weighted by molar-refractivity contribution is 14.1. The molecule has 0 bridgehead atoms. The fourth-order valence-electron chi connectivity index (χ4n) is 1.99. The van der Waals surface area contributed by atoms with Crippen molar-refractivity contribution in [3.63, 3.8) is 0 Å². The van der Waals surface area contributed by atoms with Gasteiger partial charge in [0.25, 0.3) is 0 Å². The lowest BCUT2D eigenvalue weighted by molar-refractivity contribution is 1.15. The van der Waals surface area contributed by atoms with Gasteiger partial charge >= 0.3 is 0 Å². The average molecular weight is 441 g/mol. The van der Waals surface area contributed by atoms with Gasteiger partial charge in [-0.25, -0.2) is 9.97 Å². The quantitative estimate of drug-likeness (QED) is 0.609. The summed E-state index contributed by atoms with van der Waals surface area (Å²) in [5.41, 5.74) is 1.82. The zero-order chi connectivity index (χ0) is 14.1. The lowest BCUT2D eigenvalue weighted by atomic mass is 10.1. The molecule has 0 aliphatic rings. The Labute approximate surface area is 138 Å². The summed E-state index contributed by atoms with van der Waals surface area (Å²) in [6.45, 7) is 0. The van der Waals surface area contributed by atoms with Gasteiger partial charge in [0.15, 0.2) is 5.82 Å². The third-order valence-corrected chi connectivity index (χ3v) is 4.42. The normalized spacial score (nSPS) is 10.8. The molecular weight excluding hydrogens is 431 g/mol. The van der Waals surface area contributed by atoms with Crippen LogP contribution in [0.4, 0.5) is 5.82 Å². The zero-order valence-corrected chi connectivity index (χ0v) is 14.3. The third-order valence-electron chi connectivity index (χ3n) is 2.94. The van der Waals surface area contributed by atoms with Gasteiger partial charge in [0.1, 0.15) is 5.82 Å². The Morgan fingerprint density at radius 2 is 2.05 bits per heavy atom. The molecule has 3 rings (SSSR count). The summed E-state index contributed by atoms with van der Waals surface area (Å²) in [4.78, 5) is 13.4. The van der Waals surface area contributed by atoms with E-state index in [4.69, 9.17) is 0 Å². The Morgan fingerprint density at radius 1 is 1.20 bits per heavy atom. The van der Waals surface area contributed by atoms with Crippen LogP contribution < -0.4 is 5.32 Å². The van der Waals surface area contributed by atoms with E-state index in [-0.39, 0.29) is 0 Å². The van der Waals surface area contributed by atoms with Crippen molar-refractivity contribution in [1.82, 2.24) is 15.0 Å². The molecule has 0 atom stereocenters. The van der Waals surface area contributed by atoms with Crippen molar-refractivity contribution >= 4 is 55.2 Å². The Bertz CT molecular complexity index is 791. The predicted molar refractivity (Wildman–Crippen MR) is 92.7 cm³/mol. The number of benzene rings is 1. The smallest absolute Gasteiger partial charge is 0.163 e. The van der Waals surface area contributed by atoms with Gasteiger partial charge in [-0.2, -0.15) is 0 Å². The maximum Gasteiger partial charge on any atom is 0.163 e. The van der Waals surface area contributed by atoms with Gasteiger partial charge in [-0.15, -0.1) is 0 Å². The molecule has 0 radical (unpaired) electrons. The van der Waals surface area contributed by atoms with Crippen molar-refractivity contribution in [3.8, 4) is 11.4 Å². The van der Waals surface area contributed by atoms with Gasteiger partial charge in [0.05, 0.1) is 9.09 Å². The molecule has 100 valence electrons. The molecule has 1 aromatic carbocycles. The van der Waals surface area contributed by atoms with Gasteiger partial charge in [-0.1, -0.05) is 22.0 Å². The number of nitrogens with one attached hydrogen (secondary N) is 1. The minimum Gasteiger partial charge on any atom is -0.372 e. The Morgan fingerprint density at radius 3 is 2.85 bits per heavy atom. The predicted octanol–water partition coefficient (Wildman–Crippen LogP) is 4.10. The molecule has 20 heavy (non-hydrogen) atoms. The van der Waals surface area contributed by atoms with E-state index in [0.29, 0.717) is 5.82 Å². The fraction of sp³-hybridized carbons (Fsp3) is 0.0714. The van der Waals surface area contributed by atoms with Crippen LogP contribution in [0, 0.1) is 3.57 Å². The molecule has 0 aliphatic heterocycles. The molecule has 3 aromatic rings. The molecule has 0 aliphatic carbocycles. The van der Waals surface area contributed by atoms with Gasteiger partial charge in [0.2, 0.25) is 0 Å². The summed E-state index contributed by atoms with van der Waals surface area (Å²) in [5, 5.41) is 4.13. The van der Waals surface area contributed by atoms with Crippen LogP contribution in [-0.4, -0.2) is 22.0 Å². The maximum atomic E-state index is 4.56. The van der Waals surface area contributed by atoms with E-state index in [1.807, 2.05) is 37.5 Å². The monoisotopic (exact) mass is 440 g/mol. The van der Waals surface area contributed by atoms with E-state index < -0.39 is 0 Å². The number of pyridine rings is 1. The number of anilines is 1. The first-order valence-electron chi connectivity index (χ1n) is 5.94. The topological polar surface area (TPSA) is 50.7 Å². The molecule has 2 heterocycles. The van der Waals surface area contributed by atoms with E-state index >= 15 is 0 Å². The van der Waals surface area contributed by atoms with Gasteiger partial charge in [-0.3, -0.25) is 4.98 Å². The molecule has 1 N–H and O–H groups in total. The number of halogens is 2. The Kier molecular flexibility index (Phi) is 3.84. The molecule has 0 saturated heterocycles. The minimum absolute atomic E-state index is 0.672. The van der Waals surface area contributed by atoms with E-state index in [0.717, 1.165) is 30.3 Å². The second-order valence-electron chi connectivity index (χ2n) is 4.13. The van der Waals surface area contributed by atoms with Crippen LogP contribution in [0.15, 0.2) is 41.1 Å². The molecule has 0 unspecified atom stereocenters. The lowest BCUT2D eigenvalue weighted by Gasteiger charge is -2.08. The summed E-state index contributed by atoms with van der Waals surface area (Å²) in [6, 6.07) is 7.94. The molecule has 2 aromatic heterocycles. The summed E-state index contributed by atoms with van der Waals surface area (Å²) in [6.07, 6.45) is 3.59. The molecule has 6 heteroatoms. The van der Waals surface area contributed by atoms with Crippen LogP contribution in [0.2, 0.25) is 0 Å². The summed E-state index contributed by atoms with van der Waals surface area (Å²) in [5.74, 6) is 1.49. The van der Waals surface area contributed by atoms with E-state index in [1.54, 1.807) is 6.20 Å². The van der Waals surface area contributed by atoms with Crippen LogP contribution in [0.5, 0.6) is 0 Å². The maximum absolute atomic E-state index is 4.56. The van der Waals surface area contributed by atoms with Crippen LogP contribution in [0.25, 0.3) is 22.3 Å². The molecule has 0 fully saturated rings. The largest absolute Gasteiger partial charge is 0.372 e. The fourth-order valence-corrected chi connectivity index (χ4v) is 2.97. The molecule has 0 amide bonds. The Balaban J connectivity index is 2.27. The van der Waals surface area contributed by atoms with Crippen LogP contribution in [-0.2, 0) is 0 Å². The van der Waals surface area contributed by atoms with E-state index in [1.165, 1.54) is 0 Å². The van der Waals surface area contributed by atoms with Crippen molar-refractivity contribution < 1.29 is 0 Å². The summed E-state index contributed by atoms with van der Waals surface area (Å²) in [7, 11) is 1.85. The number of hydrogen-bond donors (Lipinski definition) is 1. The molecule has 0 spiro atoms. The second kappa shape index (κ2) is 5.61. The molecular formula is C14H10BrIN4. The lowest BCUT2D eigenvalue weighted by Crippen LogP contribution is -2.00. The number of hydrogen-bond acceptors (Lipinski definition) is 4. The van der Waals surface area contributed by atoms with Crippen LogP contribution in [0.3, 0.4) is 0 Å². The first-order valence-corrected chi connectivity index (χ1v) is 7.82. The number of rotatable bonds is 2. The summed E-state index contributed by atoms with van der Waals surface area (Å²) < 4.78 is 2.01. The first-order chi connectivity index (χ1) is 9.70. The highest BCUT2D eigenvalue weighted by Crippen LogP contribution is 2.30. The minimum atomic E-state index is 0.672. The van der Waals surface area contributed by atoms with E-state index in [9.17, 15) is 0 Å². The van der Waals surface area contributed by atoms with Gasteiger partial charge < -0.3 is 5.32 Å². The van der Waals surface area contributed by atoms with Gasteiger partial charge in [-0.05, 0) is 40.8 Å². The number of fused-ring (bicyclic) bond motifs is 1. The van der Waals surface area contributed by atoms with Crippen molar-refractivity contribution in [1.29, 1.82) is 0 Å². The number of aromatic nitrogens is 3. The standard InChI is InChI=1S/C14H10BrIN4/c1-17-14-11(16)7-19-13(20-14)9-4-5-10(15)8-3-2-6-18-12(8)9/h2-7H,1H3,(H,17,19,20). The summed E-state index contributed by atoms with van der Waals surface area (Å²) >= 11 is 5.76. The molecule has 4 nitrogen and oxygen atoms in total. The highest BCUT2D eigenvalue weighted by Gasteiger charge is 2.11. The number of nitrogens with zero attached hydrogens (tertiary/aromatic N) is 3. The van der Waals surface area contributed by atoms with E-state index in [2.05, 4.69) is 58.8 Å². The second-order valence-corrected chi connectivity index (χ2v) is 6.15. The Hall–Kier alpha value is -1.28. The van der Waals surface area contributed by atoms with Crippen molar-refractivity contribution in [2.24, 2.45) is 0 Å². The van der Waals surface area contributed by atoms with Crippen molar-refractivity contribution in [3.05, 3.63) is 44.7 Å². The van der Waals surface area contributed by atoms with Crippen molar-refractivity contribution in [2.45, 2.75) is 0 Å². The molecule has 0 saturated carbocycles. The van der Waals surface area contributed by atoms with Crippen LogP contribution in [0.1, 0.15) is 0 Å². The van der Waals surface area contributed by atoms with Gasteiger partial charge in [0, 0.05) is 34.9 Å².